The highest BCUT2D eigenvalue weighted by atomic mass is 16.5. The quantitative estimate of drug-likeness (QED) is 0.836. The minimum absolute atomic E-state index is 0.378. The molecular weight excluding hydrogens is 270 g/mol. The Morgan fingerprint density at radius 3 is 2.62 bits per heavy atom. The summed E-state index contributed by atoms with van der Waals surface area (Å²) in [6.45, 7) is 3.86. The van der Waals surface area contributed by atoms with Crippen molar-refractivity contribution in [3.05, 3.63) is 23.9 Å². The van der Waals surface area contributed by atoms with Gasteiger partial charge in [0.15, 0.2) is 0 Å². The summed E-state index contributed by atoms with van der Waals surface area (Å²) in [5.41, 5.74) is 2.41. The third-order valence-corrected chi connectivity index (χ3v) is 3.79. The Labute approximate surface area is 123 Å². The maximum Gasteiger partial charge on any atom is 0.354 e. The van der Waals surface area contributed by atoms with Crippen LogP contribution in [0.4, 0.5) is 5.69 Å². The van der Waals surface area contributed by atoms with Crippen molar-refractivity contribution >= 4 is 22.6 Å². The Balaban J connectivity index is 2.05. The number of hydrogen-bond acceptors (Lipinski definition) is 5. The molecule has 0 saturated carbocycles. The molecule has 3 rings (SSSR count). The maximum atomic E-state index is 11.7. The predicted octanol–water partition coefficient (Wildman–Crippen LogP) is 1.37. The van der Waals surface area contributed by atoms with E-state index in [-0.39, 0.29) is 5.97 Å². The molecule has 0 aliphatic carbocycles. The van der Waals surface area contributed by atoms with Gasteiger partial charge in [0.2, 0.25) is 0 Å². The molecule has 0 spiro atoms. The molecule has 1 aromatic carbocycles. The first kappa shape index (κ1) is 13.8. The van der Waals surface area contributed by atoms with Crippen molar-refractivity contribution < 1.29 is 14.3 Å². The van der Waals surface area contributed by atoms with Gasteiger partial charge in [-0.1, -0.05) is 0 Å². The van der Waals surface area contributed by atoms with E-state index in [1.165, 1.54) is 7.11 Å². The van der Waals surface area contributed by atoms with Gasteiger partial charge in [-0.15, -0.1) is 0 Å². The van der Waals surface area contributed by atoms with Crippen molar-refractivity contribution in [2.75, 3.05) is 45.3 Å². The molecule has 1 aliphatic rings. The highest BCUT2D eigenvalue weighted by molar-refractivity contribution is 5.98. The van der Waals surface area contributed by atoms with Gasteiger partial charge in [0.1, 0.15) is 11.4 Å². The lowest BCUT2D eigenvalue weighted by Crippen LogP contribution is -2.43. The van der Waals surface area contributed by atoms with Crippen molar-refractivity contribution in [1.82, 2.24) is 10.3 Å². The molecule has 0 unspecified atom stereocenters. The zero-order valence-corrected chi connectivity index (χ0v) is 12.2. The monoisotopic (exact) mass is 289 g/mol. The van der Waals surface area contributed by atoms with Gasteiger partial charge in [-0.2, -0.15) is 0 Å². The standard InChI is InChI=1S/C15H19N3O3/c1-20-14-8-10(18-5-3-16-4-6-18)7-12-11(14)9-13(17-12)15(19)21-2/h7-9,16-17H,3-6H2,1-2H3. The lowest BCUT2D eigenvalue weighted by Gasteiger charge is -2.29. The summed E-state index contributed by atoms with van der Waals surface area (Å²) in [4.78, 5) is 17.1. The van der Waals surface area contributed by atoms with Crippen LogP contribution in [0.3, 0.4) is 0 Å². The van der Waals surface area contributed by atoms with Gasteiger partial charge in [-0.3, -0.25) is 0 Å². The first-order valence-electron chi connectivity index (χ1n) is 6.97. The van der Waals surface area contributed by atoms with E-state index < -0.39 is 0 Å². The molecule has 0 radical (unpaired) electrons. The van der Waals surface area contributed by atoms with Crippen LogP contribution in [0.2, 0.25) is 0 Å². The van der Waals surface area contributed by atoms with Crippen LogP contribution in [-0.4, -0.2) is 51.4 Å². The van der Waals surface area contributed by atoms with Crippen LogP contribution in [0.25, 0.3) is 10.9 Å². The van der Waals surface area contributed by atoms with Crippen molar-refractivity contribution in [2.45, 2.75) is 0 Å². The van der Waals surface area contributed by atoms with Crippen LogP contribution in [-0.2, 0) is 4.74 Å². The smallest absolute Gasteiger partial charge is 0.354 e. The lowest BCUT2D eigenvalue weighted by molar-refractivity contribution is 0.0595. The molecule has 1 aliphatic heterocycles. The van der Waals surface area contributed by atoms with Gasteiger partial charge in [0.25, 0.3) is 0 Å². The zero-order valence-electron chi connectivity index (χ0n) is 12.2. The topological polar surface area (TPSA) is 66.6 Å². The molecule has 1 aromatic heterocycles. The first-order chi connectivity index (χ1) is 10.2. The highest BCUT2D eigenvalue weighted by Crippen LogP contribution is 2.32. The summed E-state index contributed by atoms with van der Waals surface area (Å²) in [5.74, 6) is 0.379. The number of H-pyrrole nitrogens is 1. The molecule has 0 amide bonds. The van der Waals surface area contributed by atoms with Crippen LogP contribution >= 0.6 is 0 Å². The summed E-state index contributed by atoms with van der Waals surface area (Å²) in [6.07, 6.45) is 0. The van der Waals surface area contributed by atoms with Crippen molar-refractivity contribution in [3.63, 3.8) is 0 Å². The van der Waals surface area contributed by atoms with Crippen molar-refractivity contribution in [1.29, 1.82) is 0 Å². The van der Waals surface area contributed by atoms with Gasteiger partial charge in [-0.25, -0.2) is 4.79 Å². The number of carbonyl (C=O) groups is 1. The number of fused-ring (bicyclic) bond motifs is 1. The summed E-state index contributed by atoms with van der Waals surface area (Å²) in [7, 11) is 3.01. The molecule has 6 nitrogen and oxygen atoms in total. The average Bonchev–Trinajstić information content (AvgIpc) is 2.98. The van der Waals surface area contributed by atoms with E-state index in [0.29, 0.717) is 5.69 Å². The molecule has 0 atom stereocenters. The van der Waals surface area contributed by atoms with Gasteiger partial charge in [0, 0.05) is 43.3 Å². The Morgan fingerprint density at radius 1 is 1.19 bits per heavy atom. The van der Waals surface area contributed by atoms with Crippen LogP contribution in [0.1, 0.15) is 10.5 Å². The summed E-state index contributed by atoms with van der Waals surface area (Å²) >= 11 is 0. The molecule has 2 heterocycles. The van der Waals surface area contributed by atoms with E-state index in [1.54, 1.807) is 13.2 Å². The van der Waals surface area contributed by atoms with Gasteiger partial charge < -0.3 is 24.7 Å². The number of ether oxygens (including phenoxy) is 2. The van der Waals surface area contributed by atoms with E-state index in [1.807, 2.05) is 6.07 Å². The summed E-state index contributed by atoms with van der Waals surface area (Å²) in [6, 6.07) is 5.83. The van der Waals surface area contributed by atoms with Crippen molar-refractivity contribution in [3.8, 4) is 5.75 Å². The van der Waals surface area contributed by atoms with E-state index in [0.717, 1.165) is 48.5 Å². The molecule has 112 valence electrons. The van der Waals surface area contributed by atoms with Gasteiger partial charge in [-0.05, 0) is 12.1 Å². The Morgan fingerprint density at radius 2 is 1.95 bits per heavy atom. The molecule has 6 heteroatoms. The Bertz CT molecular complexity index is 659. The molecule has 1 saturated heterocycles. The first-order valence-corrected chi connectivity index (χ1v) is 6.97. The summed E-state index contributed by atoms with van der Waals surface area (Å²) < 4.78 is 10.2. The molecule has 1 fully saturated rings. The number of piperazine rings is 1. The number of carbonyl (C=O) groups excluding carboxylic acids is 1. The third-order valence-electron chi connectivity index (χ3n) is 3.79. The molecule has 21 heavy (non-hydrogen) atoms. The average molecular weight is 289 g/mol. The molecule has 2 N–H and O–H groups in total. The normalized spacial score (nSPS) is 15.2. The van der Waals surface area contributed by atoms with E-state index in [4.69, 9.17) is 9.47 Å². The highest BCUT2D eigenvalue weighted by Gasteiger charge is 2.17. The fourth-order valence-corrected chi connectivity index (χ4v) is 2.68. The third kappa shape index (κ3) is 2.54. The Kier molecular flexibility index (Phi) is 3.70. The number of methoxy groups -OCH3 is 2. The minimum atomic E-state index is -0.378. The predicted molar refractivity (Wildman–Crippen MR) is 81.3 cm³/mol. The number of esters is 1. The second-order valence-electron chi connectivity index (χ2n) is 5.02. The second kappa shape index (κ2) is 5.65. The fourth-order valence-electron chi connectivity index (χ4n) is 2.68. The van der Waals surface area contributed by atoms with E-state index in [9.17, 15) is 4.79 Å². The zero-order chi connectivity index (χ0) is 14.8. The van der Waals surface area contributed by atoms with E-state index >= 15 is 0 Å². The SMILES string of the molecule is COC(=O)c1cc2c(OC)cc(N3CCNCC3)cc2[nH]1. The van der Waals surface area contributed by atoms with Crippen LogP contribution in [0.15, 0.2) is 18.2 Å². The Hall–Kier alpha value is -2.21. The van der Waals surface area contributed by atoms with Crippen LogP contribution in [0.5, 0.6) is 5.75 Å². The fraction of sp³-hybridized carbons (Fsp3) is 0.400. The number of nitrogens with one attached hydrogen (secondary N) is 2. The summed E-state index contributed by atoms with van der Waals surface area (Å²) in [5, 5.41) is 4.22. The largest absolute Gasteiger partial charge is 0.496 e. The number of benzene rings is 1. The minimum Gasteiger partial charge on any atom is -0.496 e. The number of aromatic nitrogens is 1. The maximum absolute atomic E-state index is 11.7. The van der Waals surface area contributed by atoms with Crippen LogP contribution in [0, 0.1) is 0 Å². The number of aromatic amines is 1. The molecule has 2 aromatic rings. The van der Waals surface area contributed by atoms with E-state index in [2.05, 4.69) is 21.3 Å². The van der Waals surface area contributed by atoms with Crippen LogP contribution < -0.4 is 15.0 Å². The van der Waals surface area contributed by atoms with Crippen molar-refractivity contribution in [2.24, 2.45) is 0 Å². The number of nitrogens with zero attached hydrogens (tertiary/aromatic N) is 1. The lowest BCUT2D eigenvalue weighted by atomic mass is 10.2. The number of hydrogen-bond donors (Lipinski definition) is 2. The molecular formula is C15H19N3O3. The molecule has 0 bridgehead atoms. The van der Waals surface area contributed by atoms with Gasteiger partial charge >= 0.3 is 5.97 Å². The number of rotatable bonds is 3. The second-order valence-corrected chi connectivity index (χ2v) is 5.02. The van der Waals surface area contributed by atoms with Gasteiger partial charge in [0.05, 0.1) is 19.7 Å². The number of anilines is 1.